The Bertz CT molecular complexity index is 553. The van der Waals surface area contributed by atoms with Gasteiger partial charge < -0.3 is 15.1 Å². The van der Waals surface area contributed by atoms with Gasteiger partial charge in [0, 0.05) is 38.3 Å². The van der Waals surface area contributed by atoms with Crippen molar-refractivity contribution in [3.05, 3.63) is 29.8 Å². The van der Waals surface area contributed by atoms with E-state index in [-0.39, 0.29) is 6.03 Å². The Kier molecular flexibility index (Phi) is 4.98. The molecule has 2 fully saturated rings. The maximum absolute atomic E-state index is 13.8. The molecule has 2 aliphatic rings. The fourth-order valence-corrected chi connectivity index (χ4v) is 3.40. The summed E-state index contributed by atoms with van der Waals surface area (Å²) in [5, 5.41) is 3.11. The lowest BCUT2D eigenvalue weighted by Gasteiger charge is -2.37. The van der Waals surface area contributed by atoms with Crippen LogP contribution in [0.15, 0.2) is 18.2 Å². The first-order chi connectivity index (χ1) is 11.1. The van der Waals surface area contributed by atoms with Gasteiger partial charge in [0.05, 0.1) is 5.69 Å². The molecule has 0 unspecified atom stereocenters. The summed E-state index contributed by atoms with van der Waals surface area (Å²) in [6.07, 6.45) is 5.75. The van der Waals surface area contributed by atoms with Crippen LogP contribution in [-0.4, -0.2) is 43.2 Å². The number of anilines is 1. The lowest BCUT2D eigenvalue weighted by molar-refractivity contribution is 0.186. The summed E-state index contributed by atoms with van der Waals surface area (Å²) in [6, 6.07) is 3.90. The average molecular weight is 323 g/mol. The number of hydrogen-bond acceptors (Lipinski definition) is 2. The second-order valence-electron chi connectivity index (χ2n) is 6.35. The minimum Gasteiger partial charge on any atom is -0.366 e. The first kappa shape index (κ1) is 16.0. The monoisotopic (exact) mass is 323 g/mol. The summed E-state index contributed by atoms with van der Waals surface area (Å²) in [5.74, 6) is -1.12. The van der Waals surface area contributed by atoms with E-state index < -0.39 is 11.6 Å². The molecule has 4 nitrogen and oxygen atoms in total. The van der Waals surface area contributed by atoms with Crippen LogP contribution in [0.5, 0.6) is 0 Å². The third-order valence-electron chi connectivity index (χ3n) is 4.75. The number of halogens is 2. The van der Waals surface area contributed by atoms with Crippen molar-refractivity contribution in [1.29, 1.82) is 0 Å². The number of rotatable bonds is 2. The van der Waals surface area contributed by atoms with Gasteiger partial charge >= 0.3 is 6.03 Å². The topological polar surface area (TPSA) is 35.6 Å². The van der Waals surface area contributed by atoms with Gasteiger partial charge in [-0.25, -0.2) is 13.6 Å². The molecule has 126 valence electrons. The van der Waals surface area contributed by atoms with Crippen LogP contribution in [-0.2, 0) is 0 Å². The van der Waals surface area contributed by atoms with Gasteiger partial charge in [-0.15, -0.1) is 0 Å². The van der Waals surface area contributed by atoms with Crippen molar-refractivity contribution < 1.29 is 13.6 Å². The van der Waals surface area contributed by atoms with E-state index in [0.29, 0.717) is 37.9 Å². The van der Waals surface area contributed by atoms with Gasteiger partial charge in [0.2, 0.25) is 0 Å². The first-order valence-corrected chi connectivity index (χ1v) is 8.39. The van der Waals surface area contributed by atoms with Crippen LogP contribution in [0.25, 0.3) is 0 Å². The standard InChI is InChI=1S/C17H23F2N3O/c18-13-6-7-16(15(19)12-13)21-8-10-22(11-9-21)17(23)20-14-4-2-1-3-5-14/h6-7,12,14H,1-5,8-11H2,(H,20,23). The van der Waals surface area contributed by atoms with Crippen LogP contribution in [0.1, 0.15) is 32.1 Å². The van der Waals surface area contributed by atoms with Crippen LogP contribution < -0.4 is 10.2 Å². The zero-order valence-corrected chi connectivity index (χ0v) is 13.2. The number of piperazine rings is 1. The molecule has 1 saturated carbocycles. The average Bonchev–Trinajstić information content (AvgIpc) is 2.56. The van der Waals surface area contributed by atoms with Crippen molar-refractivity contribution in [2.24, 2.45) is 0 Å². The summed E-state index contributed by atoms with van der Waals surface area (Å²) in [5.41, 5.74) is 0.402. The Morgan fingerprint density at radius 3 is 2.39 bits per heavy atom. The van der Waals surface area contributed by atoms with E-state index in [0.717, 1.165) is 18.9 Å². The number of carbonyl (C=O) groups excluding carboxylic acids is 1. The van der Waals surface area contributed by atoms with E-state index in [2.05, 4.69) is 5.32 Å². The van der Waals surface area contributed by atoms with Gasteiger partial charge in [-0.1, -0.05) is 19.3 Å². The lowest BCUT2D eigenvalue weighted by atomic mass is 9.96. The Morgan fingerprint density at radius 1 is 1.04 bits per heavy atom. The quantitative estimate of drug-likeness (QED) is 0.907. The fourth-order valence-electron chi connectivity index (χ4n) is 3.40. The van der Waals surface area contributed by atoms with Crippen molar-refractivity contribution in [1.82, 2.24) is 10.2 Å². The van der Waals surface area contributed by atoms with Crippen molar-refractivity contribution in [2.45, 2.75) is 38.1 Å². The maximum Gasteiger partial charge on any atom is 0.317 e. The summed E-state index contributed by atoms with van der Waals surface area (Å²) in [4.78, 5) is 15.9. The molecule has 2 amide bonds. The predicted octanol–water partition coefficient (Wildman–Crippen LogP) is 3.13. The van der Waals surface area contributed by atoms with Crippen LogP contribution in [0.4, 0.5) is 19.3 Å². The molecule has 1 heterocycles. The van der Waals surface area contributed by atoms with Crippen molar-refractivity contribution in [3.63, 3.8) is 0 Å². The number of amides is 2. The van der Waals surface area contributed by atoms with Gasteiger partial charge in [-0.2, -0.15) is 0 Å². The maximum atomic E-state index is 13.8. The highest BCUT2D eigenvalue weighted by Gasteiger charge is 2.25. The third-order valence-corrected chi connectivity index (χ3v) is 4.75. The minimum atomic E-state index is -0.572. The Labute approximate surface area is 135 Å². The van der Waals surface area contributed by atoms with Crippen LogP contribution >= 0.6 is 0 Å². The SMILES string of the molecule is O=C(NC1CCCCC1)N1CCN(c2ccc(F)cc2F)CC1. The van der Waals surface area contributed by atoms with Crippen molar-refractivity contribution in [3.8, 4) is 0 Å². The summed E-state index contributed by atoms with van der Waals surface area (Å²) >= 11 is 0. The molecule has 1 aliphatic carbocycles. The molecule has 1 aromatic carbocycles. The number of urea groups is 1. The molecular formula is C17H23F2N3O. The van der Waals surface area contributed by atoms with Gasteiger partial charge in [-0.3, -0.25) is 0 Å². The van der Waals surface area contributed by atoms with Gasteiger partial charge in [0.15, 0.2) is 0 Å². The summed E-state index contributed by atoms with van der Waals surface area (Å²) in [7, 11) is 0. The second kappa shape index (κ2) is 7.15. The molecule has 1 saturated heterocycles. The number of carbonyl (C=O) groups is 1. The Hall–Kier alpha value is -1.85. The molecule has 0 atom stereocenters. The highest BCUT2D eigenvalue weighted by molar-refractivity contribution is 5.75. The van der Waals surface area contributed by atoms with E-state index >= 15 is 0 Å². The Balaban J connectivity index is 1.52. The molecule has 23 heavy (non-hydrogen) atoms. The highest BCUT2D eigenvalue weighted by atomic mass is 19.1. The largest absolute Gasteiger partial charge is 0.366 e. The normalized spacial score (nSPS) is 19.7. The molecule has 1 aliphatic heterocycles. The smallest absolute Gasteiger partial charge is 0.317 e. The number of nitrogens with one attached hydrogen (secondary N) is 1. The molecule has 0 aromatic heterocycles. The van der Waals surface area contributed by atoms with Crippen LogP contribution in [0, 0.1) is 11.6 Å². The molecule has 0 bridgehead atoms. The fraction of sp³-hybridized carbons (Fsp3) is 0.588. The summed E-state index contributed by atoms with van der Waals surface area (Å²) < 4.78 is 26.8. The highest BCUT2D eigenvalue weighted by Crippen LogP contribution is 2.22. The zero-order valence-electron chi connectivity index (χ0n) is 13.2. The summed E-state index contributed by atoms with van der Waals surface area (Å²) in [6.45, 7) is 2.21. The van der Waals surface area contributed by atoms with Gasteiger partial charge in [0.25, 0.3) is 0 Å². The third kappa shape index (κ3) is 3.92. The first-order valence-electron chi connectivity index (χ1n) is 8.39. The predicted molar refractivity (Wildman–Crippen MR) is 85.5 cm³/mol. The molecular weight excluding hydrogens is 300 g/mol. The molecule has 0 radical (unpaired) electrons. The van der Waals surface area contributed by atoms with E-state index in [9.17, 15) is 13.6 Å². The van der Waals surface area contributed by atoms with Crippen molar-refractivity contribution >= 4 is 11.7 Å². The molecule has 1 N–H and O–H groups in total. The second-order valence-corrected chi connectivity index (χ2v) is 6.35. The number of benzene rings is 1. The number of nitrogens with zero attached hydrogens (tertiary/aromatic N) is 2. The van der Waals surface area contributed by atoms with E-state index in [1.807, 2.05) is 4.90 Å². The van der Waals surface area contributed by atoms with E-state index in [1.54, 1.807) is 4.90 Å². The van der Waals surface area contributed by atoms with Gasteiger partial charge in [-0.05, 0) is 25.0 Å². The molecule has 0 spiro atoms. The molecule has 1 aromatic rings. The van der Waals surface area contributed by atoms with Crippen LogP contribution in [0.2, 0.25) is 0 Å². The number of hydrogen-bond donors (Lipinski definition) is 1. The van der Waals surface area contributed by atoms with Crippen molar-refractivity contribution in [2.75, 3.05) is 31.1 Å². The molecule has 3 rings (SSSR count). The minimum absolute atomic E-state index is 0.0175. The van der Waals surface area contributed by atoms with E-state index in [1.165, 1.54) is 31.4 Å². The van der Waals surface area contributed by atoms with Crippen LogP contribution in [0.3, 0.4) is 0 Å². The lowest BCUT2D eigenvalue weighted by Crippen LogP contribution is -2.53. The zero-order chi connectivity index (χ0) is 16.2. The molecule has 6 heteroatoms. The Morgan fingerprint density at radius 2 is 1.74 bits per heavy atom. The van der Waals surface area contributed by atoms with Gasteiger partial charge in [0.1, 0.15) is 11.6 Å². The van der Waals surface area contributed by atoms with E-state index in [4.69, 9.17) is 0 Å².